The topological polar surface area (TPSA) is 0 Å². The van der Waals surface area contributed by atoms with Gasteiger partial charge in [-0.3, -0.25) is 0 Å². The van der Waals surface area contributed by atoms with Crippen LogP contribution in [0.3, 0.4) is 0 Å². The van der Waals surface area contributed by atoms with Crippen LogP contribution in [-0.4, -0.2) is 0 Å². The van der Waals surface area contributed by atoms with Gasteiger partial charge in [0.15, 0.2) is 0 Å². The van der Waals surface area contributed by atoms with Crippen LogP contribution in [0.25, 0.3) is 0 Å². The average Bonchev–Trinajstić information content (AvgIpc) is 2.65. The van der Waals surface area contributed by atoms with Crippen molar-refractivity contribution in [3.63, 3.8) is 0 Å². The summed E-state index contributed by atoms with van der Waals surface area (Å²) < 4.78 is 0. The van der Waals surface area contributed by atoms with E-state index in [9.17, 15) is 0 Å². The van der Waals surface area contributed by atoms with Crippen molar-refractivity contribution in [3.05, 3.63) is 0 Å². The van der Waals surface area contributed by atoms with Crippen molar-refractivity contribution in [3.8, 4) is 0 Å². The summed E-state index contributed by atoms with van der Waals surface area (Å²) in [6, 6.07) is 0. The second-order valence-electron chi connectivity index (χ2n) is 7.72. The fraction of sp³-hybridized carbons (Fsp3) is 1.00. The van der Waals surface area contributed by atoms with Crippen molar-refractivity contribution < 1.29 is 0 Å². The van der Waals surface area contributed by atoms with Gasteiger partial charge in [0.25, 0.3) is 0 Å². The van der Waals surface area contributed by atoms with E-state index in [0.717, 1.165) is 29.1 Å². The monoisotopic (exact) mass is 206 g/mol. The molecular weight excluding hydrogens is 180 g/mol. The Bertz CT molecular complexity index is 278. The molecule has 0 aromatic heterocycles. The molecule has 0 aliphatic heterocycles. The maximum Gasteiger partial charge on any atom is -0.0241 e. The molecule has 3 aliphatic rings. The van der Waals surface area contributed by atoms with Gasteiger partial charge >= 0.3 is 0 Å². The molecule has 0 heteroatoms. The van der Waals surface area contributed by atoms with E-state index >= 15 is 0 Å². The number of hydrogen-bond donors (Lipinski definition) is 0. The first-order valence-electron chi connectivity index (χ1n) is 6.93. The summed E-state index contributed by atoms with van der Waals surface area (Å²) in [5.41, 5.74) is 1.37. The molecule has 0 spiro atoms. The molecule has 3 aliphatic carbocycles. The van der Waals surface area contributed by atoms with E-state index in [2.05, 4.69) is 27.7 Å². The van der Waals surface area contributed by atoms with E-state index in [1.54, 1.807) is 6.42 Å². The van der Waals surface area contributed by atoms with Crippen molar-refractivity contribution in [1.82, 2.24) is 0 Å². The highest BCUT2D eigenvalue weighted by molar-refractivity contribution is 5.09. The lowest BCUT2D eigenvalue weighted by atomic mass is 9.68. The first-order chi connectivity index (χ1) is 6.93. The highest BCUT2D eigenvalue weighted by atomic mass is 14.7. The zero-order valence-electron chi connectivity index (χ0n) is 10.8. The Hall–Kier alpha value is 0. The lowest BCUT2D eigenvalue weighted by molar-refractivity contribution is 0.113. The van der Waals surface area contributed by atoms with Crippen molar-refractivity contribution >= 4 is 0 Å². The Morgan fingerprint density at radius 1 is 1.00 bits per heavy atom. The summed E-state index contributed by atoms with van der Waals surface area (Å²) in [5, 5.41) is 0. The van der Waals surface area contributed by atoms with Gasteiger partial charge in [-0.05, 0) is 66.6 Å². The maximum atomic E-state index is 2.63. The van der Waals surface area contributed by atoms with Crippen molar-refractivity contribution in [1.29, 1.82) is 0 Å². The van der Waals surface area contributed by atoms with Gasteiger partial charge in [-0.2, -0.15) is 0 Å². The van der Waals surface area contributed by atoms with Gasteiger partial charge in [-0.15, -0.1) is 0 Å². The molecule has 0 radical (unpaired) electrons. The number of rotatable bonds is 0. The Morgan fingerprint density at radius 3 is 2.47 bits per heavy atom. The molecule has 3 saturated carbocycles. The van der Waals surface area contributed by atoms with E-state index < -0.39 is 0 Å². The second kappa shape index (κ2) is 2.81. The molecule has 86 valence electrons. The number of hydrogen-bond acceptors (Lipinski definition) is 0. The van der Waals surface area contributed by atoms with E-state index in [4.69, 9.17) is 0 Å². The third-order valence-corrected chi connectivity index (χ3v) is 6.43. The van der Waals surface area contributed by atoms with Crippen molar-refractivity contribution in [2.75, 3.05) is 0 Å². The Balaban J connectivity index is 1.92. The lowest BCUT2D eigenvalue weighted by Crippen LogP contribution is -2.31. The summed E-state index contributed by atoms with van der Waals surface area (Å²) in [5.74, 6) is 4.22. The second-order valence-corrected chi connectivity index (χ2v) is 7.72. The molecule has 0 heterocycles. The lowest BCUT2D eigenvalue weighted by Gasteiger charge is -2.37. The minimum Gasteiger partial charge on any atom is -0.0620 e. The molecule has 0 bridgehead atoms. The Morgan fingerprint density at radius 2 is 1.73 bits per heavy atom. The summed E-state index contributed by atoms with van der Waals surface area (Å²) in [4.78, 5) is 0. The van der Waals surface area contributed by atoms with Crippen LogP contribution in [0.1, 0.15) is 59.8 Å². The summed E-state index contributed by atoms with van der Waals surface area (Å²) in [6.07, 6.45) is 7.62. The van der Waals surface area contributed by atoms with E-state index in [-0.39, 0.29) is 0 Å². The molecule has 3 rings (SSSR count). The maximum absolute atomic E-state index is 2.63. The summed E-state index contributed by atoms with van der Waals surface area (Å²) >= 11 is 0. The quantitative estimate of drug-likeness (QED) is 0.547. The number of fused-ring (bicyclic) bond motifs is 3. The largest absolute Gasteiger partial charge is 0.0620 e. The summed E-state index contributed by atoms with van der Waals surface area (Å²) in [6.45, 7) is 10.1. The van der Waals surface area contributed by atoms with Gasteiger partial charge in [0.05, 0.1) is 0 Å². The predicted octanol–water partition coefficient (Wildman–Crippen LogP) is 4.49. The van der Waals surface area contributed by atoms with Gasteiger partial charge in [0.2, 0.25) is 0 Å². The van der Waals surface area contributed by atoms with Crippen LogP contribution in [0, 0.1) is 34.5 Å². The smallest absolute Gasteiger partial charge is 0.0241 e. The molecule has 0 amide bonds. The predicted molar refractivity (Wildman–Crippen MR) is 64.6 cm³/mol. The third-order valence-electron chi connectivity index (χ3n) is 6.43. The average molecular weight is 206 g/mol. The van der Waals surface area contributed by atoms with Crippen LogP contribution in [0.4, 0.5) is 0 Å². The zero-order valence-corrected chi connectivity index (χ0v) is 10.8. The van der Waals surface area contributed by atoms with Crippen LogP contribution in [0.15, 0.2) is 0 Å². The van der Waals surface area contributed by atoms with Crippen LogP contribution >= 0.6 is 0 Å². The van der Waals surface area contributed by atoms with Crippen molar-refractivity contribution in [2.24, 2.45) is 34.5 Å². The van der Waals surface area contributed by atoms with Gasteiger partial charge in [0, 0.05) is 0 Å². The van der Waals surface area contributed by atoms with E-state index in [0.29, 0.717) is 5.41 Å². The molecule has 3 fully saturated rings. The highest BCUT2D eigenvalue weighted by Crippen LogP contribution is 2.68. The third kappa shape index (κ3) is 1.20. The van der Waals surface area contributed by atoms with Gasteiger partial charge in [-0.1, -0.05) is 27.7 Å². The minimum absolute atomic E-state index is 0.644. The fourth-order valence-electron chi connectivity index (χ4n) is 5.55. The van der Waals surface area contributed by atoms with Crippen LogP contribution in [0.2, 0.25) is 0 Å². The van der Waals surface area contributed by atoms with Gasteiger partial charge < -0.3 is 0 Å². The standard InChI is InChI=1S/C15H26/c1-10-5-6-12-7-11-8-14(2,3)9-13(11)15(10,12)4/h10-13H,5-9H2,1-4H3/t10?,11-,12+,13+,15+/m0/s1. The van der Waals surface area contributed by atoms with E-state index in [1.165, 1.54) is 25.7 Å². The van der Waals surface area contributed by atoms with Gasteiger partial charge in [-0.25, -0.2) is 0 Å². The molecule has 0 aromatic carbocycles. The molecule has 0 aromatic rings. The van der Waals surface area contributed by atoms with Crippen LogP contribution in [-0.2, 0) is 0 Å². The van der Waals surface area contributed by atoms with Crippen molar-refractivity contribution in [2.45, 2.75) is 59.8 Å². The minimum atomic E-state index is 0.644. The SMILES string of the molecule is CC1CC[C@@H]2C[C@H]3CC(C)(C)C[C@H]3[C@]12C. The molecule has 1 unspecified atom stereocenters. The normalized spacial score (nSPS) is 56.8. The molecule has 0 N–H and O–H groups in total. The van der Waals surface area contributed by atoms with E-state index in [1.807, 2.05) is 0 Å². The first kappa shape index (κ1) is 10.2. The van der Waals surface area contributed by atoms with Crippen LogP contribution < -0.4 is 0 Å². The Labute approximate surface area is 94.8 Å². The van der Waals surface area contributed by atoms with Crippen LogP contribution in [0.5, 0.6) is 0 Å². The summed E-state index contributed by atoms with van der Waals surface area (Å²) in [7, 11) is 0. The molecule has 0 nitrogen and oxygen atoms in total. The zero-order chi connectivity index (χ0) is 10.8. The Kier molecular flexibility index (Phi) is 1.91. The molecule has 5 atom stereocenters. The fourth-order valence-corrected chi connectivity index (χ4v) is 5.55. The first-order valence-corrected chi connectivity index (χ1v) is 6.93. The molecule has 0 saturated heterocycles. The molecular formula is C15H26. The highest BCUT2D eigenvalue weighted by Gasteiger charge is 2.60. The molecule has 15 heavy (non-hydrogen) atoms. The van der Waals surface area contributed by atoms with Gasteiger partial charge in [0.1, 0.15) is 0 Å².